The van der Waals surface area contributed by atoms with Crippen molar-refractivity contribution < 1.29 is 58.6 Å². The van der Waals surface area contributed by atoms with Gasteiger partial charge in [-0.05, 0) is 95.1 Å². The molecule has 3 heterocycles. The maximum atomic E-state index is 14.9. The number of methoxy groups -OCH3 is 1. The maximum Gasteiger partial charge on any atom is 0.362 e. The number of benzene rings is 1. The Morgan fingerprint density at radius 1 is 0.957 bits per heavy atom. The molecule has 2 aromatic heterocycles. The Balaban J connectivity index is 0.000000797. The van der Waals surface area contributed by atoms with Gasteiger partial charge in [0.05, 0.1) is 60.9 Å². The second kappa shape index (κ2) is 20.9. The van der Waals surface area contributed by atoms with E-state index < -0.39 is 85.1 Å². The van der Waals surface area contributed by atoms with E-state index in [0.717, 1.165) is 43.7 Å². The molecule has 8 rings (SSSR count). The monoisotopic (exact) mass is 1020 g/mol. The van der Waals surface area contributed by atoms with E-state index >= 15 is 0 Å². The summed E-state index contributed by atoms with van der Waals surface area (Å²) in [7, 11) is -6.50. The van der Waals surface area contributed by atoms with Crippen LogP contribution in [0.5, 0.6) is 11.5 Å². The summed E-state index contributed by atoms with van der Waals surface area (Å²) in [6.07, 6.45) is 6.12. The number of carbonyl (C=O) groups excluding carboxylic acids is 4. The van der Waals surface area contributed by atoms with E-state index in [1.54, 1.807) is 31.4 Å². The molecule has 4 N–H and O–H groups in total. The number of likely N-dealkylation sites (tertiary alicyclic amines) is 1. The normalized spacial score (nSPS) is 23.2. The third-order valence-corrected chi connectivity index (χ3v) is 15.1. The quantitative estimate of drug-likeness (QED) is 0.0849. The molecule has 19 nitrogen and oxygen atoms in total. The number of esters is 1. The second-order valence-corrected chi connectivity index (χ2v) is 23.4. The van der Waals surface area contributed by atoms with Crippen molar-refractivity contribution in [2.24, 2.45) is 27.8 Å². The lowest BCUT2D eigenvalue weighted by molar-refractivity contribution is -0.156. The van der Waals surface area contributed by atoms with Gasteiger partial charge in [0.25, 0.3) is 0 Å². The van der Waals surface area contributed by atoms with E-state index in [2.05, 4.69) is 21.2 Å². The van der Waals surface area contributed by atoms with Gasteiger partial charge in [-0.15, -0.1) is 17.9 Å². The Morgan fingerprint density at radius 2 is 1.64 bits per heavy atom. The number of Topliss-reactive ketones (excluding diaryl/α,β-unsaturated/α-hetero) is 1. The highest BCUT2D eigenvalue weighted by Gasteiger charge is 2.61. The van der Waals surface area contributed by atoms with Crippen LogP contribution in [0.15, 0.2) is 42.3 Å². The fraction of sp³-hybridized carbons (Fsp3) is 0.617. The fourth-order valence-electron chi connectivity index (χ4n) is 8.77. The number of carbonyl (C=O) groups is 4. The van der Waals surface area contributed by atoms with Gasteiger partial charge in [0.15, 0.2) is 10.9 Å². The van der Waals surface area contributed by atoms with Crippen LogP contribution in [-0.4, -0.2) is 105 Å². The highest BCUT2D eigenvalue weighted by atomic mass is 32.2. The molecule has 22 heteroatoms. The SMILES string of the molecule is C=C[C@@H]1C[C@]1(CC(=O)[C@@H]1C[C@@H](Oc2cc(-c3csc(NC(C)C)n3)nc3cc(OC)ccc23)CN1C(=O)[C@@H](CC(=O)OC1CCCC1)C(C)(C)C)C(=O)NS(=O)(=O)OC1CC1.NS(=O)(=O)OC1CC1. The van der Waals surface area contributed by atoms with Crippen molar-refractivity contribution in [3.63, 3.8) is 0 Å². The summed E-state index contributed by atoms with van der Waals surface area (Å²) in [6.45, 7) is 13.5. The van der Waals surface area contributed by atoms with Crippen molar-refractivity contribution in [2.45, 2.75) is 148 Å². The van der Waals surface area contributed by atoms with Crippen LogP contribution in [-0.2, 0) is 52.9 Å². The summed E-state index contributed by atoms with van der Waals surface area (Å²) in [4.78, 5) is 67.8. The molecule has 1 aromatic carbocycles. The van der Waals surface area contributed by atoms with E-state index in [9.17, 15) is 36.0 Å². The Kier molecular flexibility index (Phi) is 15.8. The Morgan fingerprint density at radius 3 is 2.22 bits per heavy atom. The average molecular weight is 1020 g/mol. The first-order valence-corrected chi connectivity index (χ1v) is 27.2. The number of nitrogens with zero attached hydrogens (tertiary/aromatic N) is 3. The van der Waals surface area contributed by atoms with Gasteiger partial charge >= 0.3 is 26.6 Å². The molecule has 0 radical (unpaired) electrons. The smallest absolute Gasteiger partial charge is 0.362 e. The number of hydrogen-bond donors (Lipinski definition) is 3. The molecule has 5 fully saturated rings. The van der Waals surface area contributed by atoms with Crippen LogP contribution in [0.3, 0.4) is 0 Å². The molecule has 69 heavy (non-hydrogen) atoms. The van der Waals surface area contributed by atoms with E-state index in [4.69, 9.17) is 28.4 Å². The predicted molar refractivity (Wildman–Crippen MR) is 257 cm³/mol. The zero-order valence-electron chi connectivity index (χ0n) is 39.9. The Labute approximate surface area is 408 Å². The van der Waals surface area contributed by atoms with Crippen LogP contribution in [0, 0.1) is 22.7 Å². The second-order valence-electron chi connectivity index (χ2n) is 20.0. The van der Waals surface area contributed by atoms with Crippen LogP contribution in [0.1, 0.15) is 112 Å². The number of fused-ring (bicyclic) bond motifs is 1. The van der Waals surface area contributed by atoms with Gasteiger partial charge in [-0.2, -0.15) is 16.8 Å². The van der Waals surface area contributed by atoms with Gasteiger partial charge in [0.2, 0.25) is 11.8 Å². The molecule has 378 valence electrons. The number of nitrogens with one attached hydrogen (secondary N) is 2. The molecular formula is C47H64N6O13S3. The number of thiazole rings is 1. The van der Waals surface area contributed by atoms with Gasteiger partial charge in [-0.25, -0.2) is 19.8 Å². The van der Waals surface area contributed by atoms with Crippen molar-refractivity contribution in [1.29, 1.82) is 0 Å². The molecule has 4 aliphatic carbocycles. The van der Waals surface area contributed by atoms with E-state index in [-0.39, 0.29) is 50.5 Å². The Hall–Kier alpha value is -4.74. The molecule has 0 unspecified atom stereocenters. The number of rotatable bonds is 20. The first-order chi connectivity index (χ1) is 32.5. The third kappa shape index (κ3) is 13.8. The van der Waals surface area contributed by atoms with Gasteiger partial charge in [-0.1, -0.05) is 26.8 Å². The number of amides is 2. The highest BCUT2D eigenvalue weighted by molar-refractivity contribution is 7.85. The van der Waals surface area contributed by atoms with Crippen molar-refractivity contribution in [3.8, 4) is 22.9 Å². The summed E-state index contributed by atoms with van der Waals surface area (Å²) in [5.41, 5.74) is -0.332. The molecular weight excluding hydrogens is 953 g/mol. The van der Waals surface area contributed by atoms with Crippen LogP contribution in [0.25, 0.3) is 22.3 Å². The number of allylic oxidation sites excluding steroid dienone is 1. The van der Waals surface area contributed by atoms with Crippen LogP contribution in [0.2, 0.25) is 0 Å². The molecule has 4 saturated carbocycles. The standard InChI is InChI=1S/C44H57N5O10S2.C3H7NO3S/c1-8-26-21-44(26,41(53)48-61(54,55)59-28-13-14-28)22-37(50)36-18-30(23-49(36)40(52)32(43(4,5)6)19-39(51)58-27-11-9-10-12-27)57-38-20-34(35-24-60-42(47-35)45-25(2)3)46-33-17-29(56-7)15-16-31(33)38;4-8(5,6)7-3-1-2-3/h8,15-17,20,24-28,30,32,36H,1,9-14,18-19,21-23H2,2-7H3,(H,45,47)(H,48,53);3H,1-2H2,(H2,4,5,6)/t26-,30-,32-,36+,44-;/m1./s1. The van der Waals surface area contributed by atoms with Gasteiger partial charge < -0.3 is 24.4 Å². The minimum atomic E-state index is -4.41. The van der Waals surface area contributed by atoms with Crippen molar-refractivity contribution in [3.05, 3.63) is 42.3 Å². The third-order valence-electron chi connectivity index (χ3n) is 12.8. The van der Waals surface area contributed by atoms with Crippen LogP contribution < -0.4 is 24.7 Å². The molecule has 2 amide bonds. The van der Waals surface area contributed by atoms with Crippen molar-refractivity contribution >= 4 is 71.5 Å². The summed E-state index contributed by atoms with van der Waals surface area (Å²) in [6, 6.07) is 6.35. The molecule has 1 aliphatic heterocycles. The van der Waals surface area contributed by atoms with Gasteiger partial charge in [0.1, 0.15) is 29.4 Å². The van der Waals surface area contributed by atoms with Crippen LogP contribution >= 0.6 is 11.3 Å². The van der Waals surface area contributed by atoms with Crippen LogP contribution in [0.4, 0.5) is 5.13 Å². The number of anilines is 1. The zero-order chi connectivity index (χ0) is 50.1. The largest absolute Gasteiger partial charge is 0.497 e. The van der Waals surface area contributed by atoms with Crippen molar-refractivity contribution in [2.75, 3.05) is 19.0 Å². The summed E-state index contributed by atoms with van der Waals surface area (Å²) >= 11 is 1.45. The lowest BCUT2D eigenvalue weighted by Gasteiger charge is -2.35. The number of aromatic nitrogens is 2. The van der Waals surface area contributed by atoms with Crippen molar-refractivity contribution in [1.82, 2.24) is 19.6 Å². The molecule has 1 saturated heterocycles. The van der Waals surface area contributed by atoms with E-state index in [0.29, 0.717) is 46.6 Å². The Bertz CT molecular complexity index is 2640. The lowest BCUT2D eigenvalue weighted by Crippen LogP contribution is -2.48. The van der Waals surface area contributed by atoms with Gasteiger partial charge in [-0.3, -0.25) is 27.5 Å². The zero-order valence-corrected chi connectivity index (χ0v) is 42.4. The van der Waals surface area contributed by atoms with E-state index in [1.807, 2.05) is 50.8 Å². The number of ether oxygens (including phenoxy) is 3. The molecule has 0 spiro atoms. The minimum Gasteiger partial charge on any atom is -0.497 e. The molecule has 0 bridgehead atoms. The number of nitrogens with two attached hydrogens (primary N) is 1. The summed E-state index contributed by atoms with van der Waals surface area (Å²) in [5, 5.41) is 11.2. The first-order valence-electron chi connectivity index (χ1n) is 23.5. The molecule has 5 atom stereocenters. The summed E-state index contributed by atoms with van der Waals surface area (Å²) in [5.74, 6) is -2.43. The molecule has 3 aromatic rings. The topological polar surface area (TPSA) is 262 Å². The minimum absolute atomic E-state index is 0.00163. The number of pyridine rings is 1. The fourth-order valence-corrected chi connectivity index (χ4v) is 11.2. The molecule has 5 aliphatic rings. The maximum absolute atomic E-state index is 14.9. The predicted octanol–water partition coefficient (Wildman–Crippen LogP) is 6.13. The lowest BCUT2D eigenvalue weighted by atomic mass is 9.77. The number of hydrogen-bond acceptors (Lipinski definition) is 17. The number of ketones is 1. The van der Waals surface area contributed by atoms with E-state index in [1.165, 1.54) is 16.2 Å². The average Bonchev–Trinajstić information content (AvgIpc) is 4.22. The highest BCUT2D eigenvalue weighted by Crippen LogP contribution is 2.57. The summed E-state index contributed by atoms with van der Waals surface area (Å²) < 4.78 is 75.0. The first kappa shape index (κ1) is 52.1. The van der Waals surface area contributed by atoms with Gasteiger partial charge in [0, 0.05) is 41.8 Å².